The summed E-state index contributed by atoms with van der Waals surface area (Å²) in [5.74, 6) is -0.499. The molecule has 0 unspecified atom stereocenters. The Morgan fingerprint density at radius 1 is 1.00 bits per heavy atom. The Bertz CT molecular complexity index is 1190. The smallest absolute Gasteiger partial charge is 0.280 e. The second kappa shape index (κ2) is 7.33. The Hall–Kier alpha value is -3.18. The Labute approximate surface area is 173 Å². The summed E-state index contributed by atoms with van der Waals surface area (Å²) < 4.78 is 15.7. The fourth-order valence-electron chi connectivity index (χ4n) is 3.57. The molecule has 1 aromatic heterocycles. The van der Waals surface area contributed by atoms with Gasteiger partial charge in [-0.3, -0.25) is 4.79 Å². The summed E-state index contributed by atoms with van der Waals surface area (Å²) in [4.78, 5) is 13.0. The van der Waals surface area contributed by atoms with Gasteiger partial charge < -0.3 is 4.57 Å². The monoisotopic (exact) mass is 407 g/mol. The van der Waals surface area contributed by atoms with Crippen LogP contribution in [0.5, 0.6) is 0 Å². The lowest BCUT2D eigenvalue weighted by molar-refractivity contribution is -0.114. The molecule has 3 aromatic rings. The molecule has 0 spiro atoms. The van der Waals surface area contributed by atoms with Gasteiger partial charge in [0.15, 0.2) is 0 Å². The van der Waals surface area contributed by atoms with Gasteiger partial charge in [0, 0.05) is 22.1 Å². The largest absolute Gasteiger partial charge is 0.318 e. The second-order valence-corrected chi connectivity index (χ2v) is 7.42. The standard InChI is InChI=1S/C23H19ClFN3O/c1-14-10-17(16(3)27(14)20-8-5-7-19(25)13-20)11-22-15(2)26-28(23(22)29)21-9-4-6-18(24)12-21/h4-13H,1-3H3. The molecule has 0 atom stereocenters. The normalized spacial score (nSPS) is 15.3. The summed E-state index contributed by atoms with van der Waals surface area (Å²) in [6, 6.07) is 15.5. The number of amides is 1. The van der Waals surface area contributed by atoms with Gasteiger partial charge in [-0.25, -0.2) is 4.39 Å². The van der Waals surface area contributed by atoms with Crippen LogP contribution in [-0.4, -0.2) is 16.2 Å². The highest BCUT2D eigenvalue weighted by Crippen LogP contribution is 2.29. The first-order chi connectivity index (χ1) is 13.8. The molecule has 146 valence electrons. The highest BCUT2D eigenvalue weighted by atomic mass is 35.5. The molecule has 0 N–H and O–H groups in total. The number of aromatic nitrogens is 1. The van der Waals surface area contributed by atoms with E-state index in [-0.39, 0.29) is 11.7 Å². The number of halogens is 2. The van der Waals surface area contributed by atoms with Crippen LogP contribution in [0.15, 0.2) is 65.3 Å². The van der Waals surface area contributed by atoms with Crippen molar-refractivity contribution in [2.75, 3.05) is 5.01 Å². The van der Waals surface area contributed by atoms with Gasteiger partial charge in [0.25, 0.3) is 5.91 Å². The Kier molecular flexibility index (Phi) is 4.84. The Morgan fingerprint density at radius 3 is 2.45 bits per heavy atom. The molecule has 1 aliphatic rings. The highest BCUT2D eigenvalue weighted by Gasteiger charge is 2.29. The number of benzene rings is 2. The number of anilines is 1. The minimum atomic E-state index is -0.291. The van der Waals surface area contributed by atoms with E-state index in [0.29, 0.717) is 22.0 Å². The SMILES string of the molecule is CC1=NN(c2cccc(Cl)c2)C(=O)C1=Cc1cc(C)n(-c2cccc(F)c2)c1C. The molecule has 0 fully saturated rings. The number of nitrogens with zero attached hydrogens (tertiary/aromatic N) is 3. The summed E-state index contributed by atoms with van der Waals surface area (Å²) in [6.07, 6.45) is 1.84. The molecule has 0 bridgehead atoms. The van der Waals surface area contributed by atoms with Crippen molar-refractivity contribution in [2.45, 2.75) is 20.8 Å². The van der Waals surface area contributed by atoms with Gasteiger partial charge in [-0.15, -0.1) is 0 Å². The van der Waals surface area contributed by atoms with E-state index in [4.69, 9.17) is 11.6 Å². The number of aryl methyl sites for hydroxylation is 1. The van der Waals surface area contributed by atoms with Gasteiger partial charge in [0.1, 0.15) is 5.82 Å². The van der Waals surface area contributed by atoms with Crippen LogP contribution in [0.4, 0.5) is 10.1 Å². The topological polar surface area (TPSA) is 37.6 Å². The summed E-state index contributed by atoms with van der Waals surface area (Å²) in [5.41, 5.74) is 5.27. The number of hydrogen-bond acceptors (Lipinski definition) is 2. The van der Waals surface area contributed by atoms with Crippen LogP contribution in [0.1, 0.15) is 23.9 Å². The third-order valence-electron chi connectivity index (χ3n) is 4.95. The van der Waals surface area contributed by atoms with Crippen LogP contribution >= 0.6 is 11.6 Å². The maximum Gasteiger partial charge on any atom is 0.280 e. The molecule has 1 aliphatic heterocycles. The number of carbonyl (C=O) groups excluding carboxylic acids is 1. The maximum absolute atomic E-state index is 13.7. The fraction of sp³-hybridized carbons (Fsp3) is 0.130. The van der Waals surface area contributed by atoms with Crippen LogP contribution in [0.2, 0.25) is 5.02 Å². The average Bonchev–Trinajstić information content (AvgIpc) is 3.11. The quantitative estimate of drug-likeness (QED) is 0.513. The van der Waals surface area contributed by atoms with E-state index in [9.17, 15) is 9.18 Å². The molecule has 0 aliphatic carbocycles. The van der Waals surface area contributed by atoms with Gasteiger partial charge in [0.2, 0.25) is 0 Å². The minimum absolute atomic E-state index is 0.208. The van der Waals surface area contributed by atoms with E-state index in [0.717, 1.165) is 22.6 Å². The maximum atomic E-state index is 13.7. The van der Waals surface area contributed by atoms with Crippen LogP contribution in [0, 0.1) is 19.7 Å². The van der Waals surface area contributed by atoms with Gasteiger partial charge in [-0.2, -0.15) is 10.1 Å². The molecule has 0 saturated heterocycles. The van der Waals surface area contributed by atoms with Gasteiger partial charge in [-0.1, -0.05) is 23.7 Å². The van der Waals surface area contributed by atoms with Crippen molar-refractivity contribution in [2.24, 2.45) is 5.10 Å². The lowest BCUT2D eigenvalue weighted by Crippen LogP contribution is -2.21. The van der Waals surface area contributed by atoms with Crippen LogP contribution < -0.4 is 5.01 Å². The molecule has 6 heteroatoms. The van der Waals surface area contributed by atoms with E-state index in [2.05, 4.69) is 5.10 Å². The first-order valence-electron chi connectivity index (χ1n) is 9.17. The van der Waals surface area contributed by atoms with E-state index >= 15 is 0 Å². The van der Waals surface area contributed by atoms with Crippen LogP contribution in [-0.2, 0) is 4.79 Å². The first-order valence-corrected chi connectivity index (χ1v) is 9.55. The molecule has 29 heavy (non-hydrogen) atoms. The van der Waals surface area contributed by atoms with Gasteiger partial charge >= 0.3 is 0 Å². The molecule has 1 amide bonds. The molecular formula is C23H19ClFN3O. The van der Waals surface area contributed by atoms with Crippen molar-refractivity contribution in [3.05, 3.63) is 88.0 Å². The fourth-order valence-corrected chi connectivity index (χ4v) is 3.75. The third-order valence-corrected chi connectivity index (χ3v) is 5.19. The lowest BCUT2D eigenvalue weighted by atomic mass is 10.1. The Morgan fingerprint density at radius 2 is 1.72 bits per heavy atom. The van der Waals surface area contributed by atoms with Crippen LogP contribution in [0.25, 0.3) is 11.8 Å². The Balaban J connectivity index is 1.73. The molecule has 4 rings (SSSR count). The van der Waals surface area contributed by atoms with Crippen molar-refractivity contribution in [1.29, 1.82) is 0 Å². The van der Waals surface area contributed by atoms with Crippen LogP contribution in [0.3, 0.4) is 0 Å². The van der Waals surface area contributed by atoms with E-state index in [1.807, 2.05) is 36.6 Å². The molecule has 0 saturated carbocycles. The predicted molar refractivity (Wildman–Crippen MR) is 115 cm³/mol. The zero-order valence-electron chi connectivity index (χ0n) is 16.3. The second-order valence-electron chi connectivity index (χ2n) is 6.98. The molecular weight excluding hydrogens is 389 g/mol. The lowest BCUT2D eigenvalue weighted by Gasteiger charge is -2.12. The number of hydrazone groups is 1. The summed E-state index contributed by atoms with van der Waals surface area (Å²) in [6.45, 7) is 5.71. The highest BCUT2D eigenvalue weighted by molar-refractivity contribution is 6.33. The third kappa shape index (κ3) is 3.49. The average molecular weight is 408 g/mol. The molecule has 4 nitrogen and oxygen atoms in total. The molecule has 2 heterocycles. The number of rotatable bonds is 3. The van der Waals surface area contributed by atoms with Crippen molar-refractivity contribution in [1.82, 2.24) is 4.57 Å². The van der Waals surface area contributed by atoms with E-state index < -0.39 is 0 Å². The van der Waals surface area contributed by atoms with E-state index in [1.54, 1.807) is 37.3 Å². The van der Waals surface area contributed by atoms with Crippen molar-refractivity contribution in [3.63, 3.8) is 0 Å². The molecule has 2 aromatic carbocycles. The van der Waals surface area contributed by atoms with Gasteiger partial charge in [0.05, 0.1) is 17.0 Å². The van der Waals surface area contributed by atoms with Crippen molar-refractivity contribution < 1.29 is 9.18 Å². The number of carbonyl (C=O) groups is 1. The predicted octanol–water partition coefficient (Wildman–Crippen LogP) is 5.69. The number of hydrogen-bond donors (Lipinski definition) is 0. The zero-order valence-corrected chi connectivity index (χ0v) is 17.0. The van der Waals surface area contributed by atoms with E-state index in [1.165, 1.54) is 17.1 Å². The van der Waals surface area contributed by atoms with Crippen molar-refractivity contribution >= 4 is 35.0 Å². The van der Waals surface area contributed by atoms with Crippen molar-refractivity contribution in [3.8, 4) is 5.69 Å². The molecule has 0 radical (unpaired) electrons. The summed E-state index contributed by atoms with van der Waals surface area (Å²) >= 11 is 6.05. The zero-order chi connectivity index (χ0) is 20.7. The van der Waals surface area contributed by atoms with Gasteiger partial charge in [-0.05, 0) is 74.9 Å². The summed E-state index contributed by atoms with van der Waals surface area (Å²) in [7, 11) is 0. The first kappa shape index (κ1) is 19.2. The minimum Gasteiger partial charge on any atom is -0.318 e. The summed E-state index contributed by atoms with van der Waals surface area (Å²) in [5, 5.41) is 6.31.